The summed E-state index contributed by atoms with van der Waals surface area (Å²) in [6.45, 7) is 0. The number of methoxy groups -OCH3 is 2. The van der Waals surface area contributed by atoms with E-state index in [1.807, 2.05) is 0 Å². The number of nitrogens with one attached hydrogen (secondary N) is 1. The summed E-state index contributed by atoms with van der Waals surface area (Å²) in [5, 5.41) is 2.74. The summed E-state index contributed by atoms with van der Waals surface area (Å²) in [4.78, 5) is 12.4. The highest BCUT2D eigenvalue weighted by molar-refractivity contribution is 8.00. The van der Waals surface area contributed by atoms with Crippen molar-refractivity contribution in [2.45, 2.75) is 4.90 Å². The number of rotatable bonds is 6. The molecule has 1 N–H and O–H groups in total. The van der Waals surface area contributed by atoms with E-state index in [4.69, 9.17) is 9.47 Å². The van der Waals surface area contributed by atoms with Crippen LogP contribution in [0.25, 0.3) is 0 Å². The van der Waals surface area contributed by atoms with Crippen molar-refractivity contribution in [1.82, 2.24) is 0 Å². The Morgan fingerprint density at radius 3 is 2.55 bits per heavy atom. The van der Waals surface area contributed by atoms with Crippen LogP contribution in [-0.4, -0.2) is 25.9 Å². The number of hydrogen-bond donors (Lipinski definition) is 1. The minimum atomic E-state index is -0.327. The first kappa shape index (κ1) is 16.2. The molecule has 0 heterocycles. The zero-order valence-corrected chi connectivity index (χ0v) is 13.1. The highest BCUT2D eigenvalue weighted by atomic mass is 32.2. The van der Waals surface area contributed by atoms with Gasteiger partial charge in [0.25, 0.3) is 0 Å². The van der Waals surface area contributed by atoms with Gasteiger partial charge in [0.05, 0.1) is 20.0 Å². The smallest absolute Gasteiger partial charge is 0.234 e. The molecule has 0 saturated carbocycles. The highest BCUT2D eigenvalue weighted by Gasteiger charge is 2.09. The molecule has 6 heteroatoms. The van der Waals surface area contributed by atoms with Gasteiger partial charge in [-0.05, 0) is 24.3 Å². The van der Waals surface area contributed by atoms with Gasteiger partial charge in [-0.3, -0.25) is 4.79 Å². The minimum absolute atomic E-state index is 0.120. The lowest BCUT2D eigenvalue weighted by Gasteiger charge is -2.10. The molecule has 0 bridgehead atoms. The van der Waals surface area contributed by atoms with Crippen molar-refractivity contribution < 1.29 is 18.7 Å². The number of hydrogen-bond acceptors (Lipinski definition) is 4. The Labute approximate surface area is 132 Å². The van der Waals surface area contributed by atoms with Gasteiger partial charge in [0, 0.05) is 16.6 Å². The Hall–Kier alpha value is -2.21. The van der Waals surface area contributed by atoms with Gasteiger partial charge < -0.3 is 14.8 Å². The van der Waals surface area contributed by atoms with Gasteiger partial charge >= 0.3 is 0 Å². The van der Waals surface area contributed by atoms with Gasteiger partial charge in [-0.2, -0.15) is 0 Å². The molecule has 0 aliphatic carbocycles. The standard InChI is InChI=1S/C16H16FNO3S/c1-20-13-8-7-11(9-14(13)21-2)18-16(19)10-22-15-6-4-3-5-12(15)17/h3-9H,10H2,1-2H3,(H,18,19). The fourth-order valence-corrected chi connectivity index (χ4v) is 2.56. The van der Waals surface area contributed by atoms with Crippen LogP contribution in [0.1, 0.15) is 0 Å². The minimum Gasteiger partial charge on any atom is -0.493 e. The maximum absolute atomic E-state index is 13.5. The van der Waals surface area contributed by atoms with E-state index in [2.05, 4.69) is 5.32 Å². The number of benzene rings is 2. The van der Waals surface area contributed by atoms with Crippen LogP contribution in [0.15, 0.2) is 47.4 Å². The summed E-state index contributed by atoms with van der Waals surface area (Å²) in [6.07, 6.45) is 0. The number of carbonyl (C=O) groups is 1. The number of thioether (sulfide) groups is 1. The van der Waals surface area contributed by atoms with Gasteiger partial charge in [-0.15, -0.1) is 11.8 Å². The molecule has 0 aromatic heterocycles. The molecule has 0 aliphatic rings. The fourth-order valence-electron chi connectivity index (χ4n) is 1.82. The number of halogens is 1. The predicted molar refractivity (Wildman–Crippen MR) is 85.3 cm³/mol. The van der Waals surface area contributed by atoms with Crippen LogP contribution in [-0.2, 0) is 4.79 Å². The zero-order chi connectivity index (χ0) is 15.9. The largest absolute Gasteiger partial charge is 0.493 e. The summed E-state index contributed by atoms with van der Waals surface area (Å²) < 4.78 is 23.8. The Bertz CT molecular complexity index is 664. The van der Waals surface area contributed by atoms with Gasteiger partial charge in [-0.25, -0.2) is 4.39 Å². The first-order chi connectivity index (χ1) is 10.6. The molecule has 116 valence electrons. The lowest BCUT2D eigenvalue weighted by Crippen LogP contribution is -2.14. The fraction of sp³-hybridized carbons (Fsp3) is 0.188. The second kappa shape index (κ2) is 7.70. The molecule has 4 nitrogen and oxygen atoms in total. The predicted octanol–water partition coefficient (Wildman–Crippen LogP) is 3.57. The van der Waals surface area contributed by atoms with Gasteiger partial charge in [0.1, 0.15) is 5.82 Å². The lowest BCUT2D eigenvalue weighted by atomic mass is 10.2. The van der Waals surface area contributed by atoms with Crippen LogP contribution in [0, 0.1) is 5.82 Å². The van der Waals surface area contributed by atoms with Crippen LogP contribution in [0.2, 0.25) is 0 Å². The number of amides is 1. The van der Waals surface area contributed by atoms with Gasteiger partial charge in [0.15, 0.2) is 11.5 Å². The van der Waals surface area contributed by atoms with E-state index >= 15 is 0 Å². The Morgan fingerprint density at radius 1 is 1.14 bits per heavy atom. The molecule has 0 saturated heterocycles. The topological polar surface area (TPSA) is 47.6 Å². The summed E-state index contributed by atoms with van der Waals surface area (Å²) in [6, 6.07) is 11.5. The Kier molecular flexibility index (Phi) is 5.66. The second-order valence-electron chi connectivity index (χ2n) is 4.34. The number of anilines is 1. The van der Waals surface area contributed by atoms with Crippen molar-refractivity contribution in [1.29, 1.82) is 0 Å². The van der Waals surface area contributed by atoms with E-state index in [9.17, 15) is 9.18 Å². The molecular weight excluding hydrogens is 305 g/mol. The zero-order valence-electron chi connectivity index (χ0n) is 12.3. The third-order valence-electron chi connectivity index (χ3n) is 2.86. The number of ether oxygens (including phenoxy) is 2. The normalized spacial score (nSPS) is 10.1. The van der Waals surface area contributed by atoms with Crippen molar-refractivity contribution in [3.63, 3.8) is 0 Å². The highest BCUT2D eigenvalue weighted by Crippen LogP contribution is 2.30. The van der Waals surface area contributed by atoms with Crippen LogP contribution < -0.4 is 14.8 Å². The molecule has 2 aromatic carbocycles. The molecule has 2 aromatic rings. The van der Waals surface area contributed by atoms with Crippen LogP contribution in [0.4, 0.5) is 10.1 Å². The first-order valence-electron chi connectivity index (χ1n) is 6.53. The van der Waals surface area contributed by atoms with Crippen LogP contribution >= 0.6 is 11.8 Å². The third kappa shape index (κ3) is 4.14. The van der Waals surface area contributed by atoms with E-state index in [1.165, 1.54) is 13.2 Å². The van der Waals surface area contributed by atoms with E-state index in [1.54, 1.807) is 43.5 Å². The van der Waals surface area contributed by atoms with Crippen LogP contribution in [0.3, 0.4) is 0 Å². The Morgan fingerprint density at radius 2 is 1.86 bits per heavy atom. The maximum Gasteiger partial charge on any atom is 0.234 e. The molecule has 0 spiro atoms. The summed E-state index contributed by atoms with van der Waals surface area (Å²) in [5.41, 5.74) is 0.594. The Balaban J connectivity index is 1.96. The third-order valence-corrected chi connectivity index (χ3v) is 3.91. The maximum atomic E-state index is 13.5. The lowest BCUT2D eigenvalue weighted by molar-refractivity contribution is -0.113. The average Bonchev–Trinajstić information content (AvgIpc) is 2.54. The molecule has 0 aliphatic heterocycles. The SMILES string of the molecule is COc1ccc(NC(=O)CSc2ccccc2F)cc1OC. The summed E-state index contributed by atoms with van der Waals surface area (Å²) in [7, 11) is 3.07. The molecule has 0 radical (unpaired) electrons. The van der Waals surface area contributed by atoms with Crippen LogP contribution in [0.5, 0.6) is 11.5 Å². The number of carbonyl (C=O) groups excluding carboxylic acids is 1. The second-order valence-corrected chi connectivity index (χ2v) is 5.35. The molecular formula is C16H16FNO3S. The molecule has 2 rings (SSSR count). The van der Waals surface area contributed by atoms with Crippen molar-refractivity contribution in [3.8, 4) is 11.5 Å². The monoisotopic (exact) mass is 321 g/mol. The molecule has 0 unspecified atom stereocenters. The van der Waals surface area contributed by atoms with Gasteiger partial charge in [0.2, 0.25) is 5.91 Å². The molecule has 0 fully saturated rings. The average molecular weight is 321 g/mol. The van der Waals surface area contributed by atoms with E-state index in [-0.39, 0.29) is 17.5 Å². The van der Waals surface area contributed by atoms with Crippen molar-refractivity contribution in [2.75, 3.05) is 25.3 Å². The van der Waals surface area contributed by atoms with Crippen molar-refractivity contribution in [2.24, 2.45) is 0 Å². The van der Waals surface area contributed by atoms with Crippen molar-refractivity contribution in [3.05, 3.63) is 48.3 Å². The van der Waals surface area contributed by atoms with E-state index in [0.717, 1.165) is 11.8 Å². The van der Waals surface area contributed by atoms with E-state index < -0.39 is 0 Å². The molecule has 22 heavy (non-hydrogen) atoms. The van der Waals surface area contributed by atoms with Crippen molar-refractivity contribution >= 4 is 23.4 Å². The first-order valence-corrected chi connectivity index (χ1v) is 7.52. The van der Waals surface area contributed by atoms with Gasteiger partial charge in [-0.1, -0.05) is 12.1 Å². The summed E-state index contributed by atoms with van der Waals surface area (Å²) in [5.74, 6) is 0.685. The molecule has 0 atom stereocenters. The van der Waals surface area contributed by atoms with E-state index in [0.29, 0.717) is 22.1 Å². The summed E-state index contributed by atoms with van der Waals surface area (Å²) >= 11 is 1.15. The molecule has 1 amide bonds. The quantitative estimate of drug-likeness (QED) is 0.826.